The molecule has 0 N–H and O–H groups in total. The molecule has 7 nitrogen and oxygen atoms in total. The molecule has 3 aromatic heterocycles. The monoisotopic (exact) mass is 463 g/mol. The van der Waals surface area contributed by atoms with Gasteiger partial charge in [-0.3, -0.25) is 14.2 Å². The maximum atomic E-state index is 13.2. The van der Waals surface area contributed by atoms with Crippen LogP contribution in [0.3, 0.4) is 0 Å². The smallest absolute Gasteiger partial charge is 0.262 e. The molecule has 0 aliphatic carbocycles. The summed E-state index contributed by atoms with van der Waals surface area (Å²) in [5.41, 5.74) is 3.18. The molecule has 0 radical (unpaired) electrons. The van der Waals surface area contributed by atoms with E-state index in [1.54, 1.807) is 0 Å². The lowest BCUT2D eigenvalue weighted by Gasteiger charge is -2.27. The Hall–Kier alpha value is -3.39. The van der Waals surface area contributed by atoms with E-state index in [9.17, 15) is 9.59 Å². The molecule has 1 atom stereocenters. The number of aromatic nitrogens is 3. The Bertz CT molecular complexity index is 1450. The van der Waals surface area contributed by atoms with Gasteiger partial charge in [-0.05, 0) is 51.5 Å². The predicted molar refractivity (Wildman–Crippen MR) is 128 cm³/mol. The Morgan fingerprint density at radius 3 is 2.73 bits per heavy atom. The molecule has 4 aromatic rings. The molecule has 0 spiro atoms. The minimum Gasteiger partial charge on any atom is -0.486 e. The zero-order valence-electron chi connectivity index (χ0n) is 19.0. The molecule has 170 valence electrons. The van der Waals surface area contributed by atoms with Crippen LogP contribution in [0.4, 0.5) is 0 Å². The summed E-state index contributed by atoms with van der Waals surface area (Å²) in [6, 6.07) is 9.50. The van der Waals surface area contributed by atoms with E-state index in [-0.39, 0.29) is 24.0 Å². The summed E-state index contributed by atoms with van der Waals surface area (Å²) in [4.78, 5) is 32.4. The number of benzene rings is 1. The lowest BCUT2D eigenvalue weighted by atomic mass is 10.1. The number of thiophene rings is 1. The first-order valence-electron chi connectivity index (χ1n) is 10.9. The van der Waals surface area contributed by atoms with Crippen LogP contribution in [-0.2, 0) is 13.1 Å². The number of ketones is 1. The van der Waals surface area contributed by atoms with Crippen molar-refractivity contribution in [2.24, 2.45) is 0 Å². The number of carbonyl (C=O) groups is 1. The van der Waals surface area contributed by atoms with Crippen molar-refractivity contribution >= 4 is 27.3 Å². The Balaban J connectivity index is 1.38. The first-order valence-corrected chi connectivity index (χ1v) is 11.7. The fraction of sp³-hybridized carbons (Fsp3) is 0.320. The van der Waals surface area contributed by atoms with Gasteiger partial charge >= 0.3 is 0 Å². The van der Waals surface area contributed by atoms with E-state index in [0.29, 0.717) is 28.9 Å². The number of ether oxygens (including phenoxy) is 2. The molecular formula is C25H25N3O4S. The van der Waals surface area contributed by atoms with Crippen molar-refractivity contribution in [3.8, 4) is 11.5 Å². The van der Waals surface area contributed by atoms with Crippen molar-refractivity contribution in [1.29, 1.82) is 0 Å². The molecule has 5 rings (SSSR count). The van der Waals surface area contributed by atoms with Crippen molar-refractivity contribution in [3.05, 3.63) is 74.4 Å². The van der Waals surface area contributed by atoms with Crippen LogP contribution in [0.2, 0.25) is 0 Å². The molecule has 0 saturated heterocycles. The molecule has 0 fully saturated rings. The van der Waals surface area contributed by atoms with Crippen LogP contribution in [0.1, 0.15) is 32.2 Å². The van der Waals surface area contributed by atoms with Gasteiger partial charge < -0.3 is 14.0 Å². The van der Waals surface area contributed by atoms with E-state index >= 15 is 0 Å². The highest BCUT2D eigenvalue weighted by Gasteiger charge is 2.24. The summed E-state index contributed by atoms with van der Waals surface area (Å²) < 4.78 is 15.4. The lowest BCUT2D eigenvalue weighted by Crippen LogP contribution is -2.33. The zero-order chi connectivity index (χ0) is 23.3. The standard InChI is InChI=1S/C25H25N3O4S/c1-14-9-19(16(3)28(14)10-18-12-31-21-7-5-6-8-22(21)32-18)20(29)11-27-13-26-24-23(25(27)30)15(2)17(4)33-24/h5-9,13,18H,10-12H2,1-4H3/t18-/m1/s1. The summed E-state index contributed by atoms with van der Waals surface area (Å²) in [5, 5.41) is 0.605. The largest absolute Gasteiger partial charge is 0.486 e. The van der Waals surface area contributed by atoms with Crippen molar-refractivity contribution in [1.82, 2.24) is 14.1 Å². The van der Waals surface area contributed by atoms with Gasteiger partial charge in [0.25, 0.3) is 5.56 Å². The van der Waals surface area contributed by atoms with Crippen LogP contribution in [0, 0.1) is 27.7 Å². The quantitative estimate of drug-likeness (QED) is 0.415. The second-order valence-corrected chi connectivity index (χ2v) is 9.66. The predicted octanol–water partition coefficient (Wildman–Crippen LogP) is 4.22. The minimum absolute atomic E-state index is 0.0448. The molecule has 1 aliphatic rings. The molecule has 0 bridgehead atoms. The summed E-state index contributed by atoms with van der Waals surface area (Å²) in [6.45, 7) is 8.76. The average Bonchev–Trinajstić information content (AvgIpc) is 3.25. The molecule has 1 aromatic carbocycles. The molecule has 8 heteroatoms. The van der Waals surface area contributed by atoms with E-state index < -0.39 is 0 Å². The van der Waals surface area contributed by atoms with Gasteiger partial charge in [-0.15, -0.1) is 11.3 Å². The Labute approximate surface area is 195 Å². The molecule has 0 amide bonds. The van der Waals surface area contributed by atoms with Crippen molar-refractivity contribution < 1.29 is 14.3 Å². The second kappa shape index (κ2) is 8.19. The number of carbonyl (C=O) groups excluding carboxylic acids is 1. The number of Topliss-reactive ketones (excluding diaryl/α,β-unsaturated/α-hetero) is 1. The van der Waals surface area contributed by atoms with E-state index in [1.807, 2.05) is 58.0 Å². The fourth-order valence-corrected chi connectivity index (χ4v) is 5.33. The number of fused-ring (bicyclic) bond motifs is 2. The van der Waals surface area contributed by atoms with Gasteiger partial charge in [0, 0.05) is 21.8 Å². The van der Waals surface area contributed by atoms with Gasteiger partial charge in [-0.25, -0.2) is 4.98 Å². The van der Waals surface area contributed by atoms with Gasteiger partial charge in [0.05, 0.1) is 24.8 Å². The third-order valence-corrected chi connectivity index (χ3v) is 7.41. The highest BCUT2D eigenvalue weighted by atomic mass is 32.1. The fourth-order valence-electron chi connectivity index (χ4n) is 4.34. The first kappa shape index (κ1) is 21.5. The van der Waals surface area contributed by atoms with E-state index in [4.69, 9.17) is 9.47 Å². The van der Waals surface area contributed by atoms with Gasteiger partial charge in [0.1, 0.15) is 11.4 Å². The van der Waals surface area contributed by atoms with Crippen molar-refractivity contribution in [3.63, 3.8) is 0 Å². The van der Waals surface area contributed by atoms with Crippen LogP contribution in [0.5, 0.6) is 11.5 Å². The van der Waals surface area contributed by atoms with Gasteiger partial charge in [-0.2, -0.15) is 0 Å². The van der Waals surface area contributed by atoms with Gasteiger partial charge in [0.15, 0.2) is 23.4 Å². The SMILES string of the molecule is Cc1sc2ncn(CC(=O)c3cc(C)n(C[C@@H]4COc5ccccc5O4)c3C)c(=O)c2c1C. The van der Waals surface area contributed by atoms with Crippen LogP contribution >= 0.6 is 11.3 Å². The van der Waals surface area contributed by atoms with Crippen LogP contribution in [0.15, 0.2) is 41.5 Å². The van der Waals surface area contributed by atoms with Gasteiger partial charge in [-0.1, -0.05) is 12.1 Å². The molecule has 33 heavy (non-hydrogen) atoms. The summed E-state index contributed by atoms with van der Waals surface area (Å²) in [7, 11) is 0. The molecular weight excluding hydrogens is 438 g/mol. The molecule has 0 saturated carbocycles. The third-order valence-electron chi connectivity index (χ3n) is 6.30. The van der Waals surface area contributed by atoms with E-state index in [1.165, 1.54) is 22.2 Å². The Morgan fingerprint density at radius 1 is 1.18 bits per heavy atom. The van der Waals surface area contributed by atoms with Crippen LogP contribution in [0.25, 0.3) is 10.2 Å². The topological polar surface area (TPSA) is 75.3 Å². The average molecular weight is 464 g/mol. The number of rotatable bonds is 5. The van der Waals surface area contributed by atoms with Gasteiger partial charge in [0.2, 0.25) is 0 Å². The highest BCUT2D eigenvalue weighted by Crippen LogP contribution is 2.32. The maximum Gasteiger partial charge on any atom is 0.262 e. The summed E-state index contributed by atoms with van der Waals surface area (Å²) in [6.07, 6.45) is 1.31. The Morgan fingerprint density at radius 2 is 1.94 bits per heavy atom. The Kier molecular flexibility index (Phi) is 5.32. The minimum atomic E-state index is -0.171. The van der Waals surface area contributed by atoms with Crippen molar-refractivity contribution in [2.75, 3.05) is 6.61 Å². The highest BCUT2D eigenvalue weighted by molar-refractivity contribution is 7.18. The third kappa shape index (κ3) is 3.74. The number of para-hydroxylation sites is 2. The zero-order valence-corrected chi connectivity index (χ0v) is 19.9. The van der Waals surface area contributed by atoms with Crippen molar-refractivity contribution in [2.45, 2.75) is 46.9 Å². The number of hydrogen-bond acceptors (Lipinski definition) is 6. The lowest BCUT2D eigenvalue weighted by molar-refractivity contribution is 0.0777. The maximum absolute atomic E-state index is 13.2. The number of hydrogen-bond donors (Lipinski definition) is 0. The second-order valence-electron chi connectivity index (χ2n) is 8.46. The summed E-state index contributed by atoms with van der Waals surface area (Å²) in [5.74, 6) is 1.36. The molecule has 1 aliphatic heterocycles. The normalized spacial score (nSPS) is 15.2. The molecule has 4 heterocycles. The van der Waals surface area contributed by atoms with Crippen LogP contribution in [-0.4, -0.2) is 32.6 Å². The summed E-state index contributed by atoms with van der Waals surface area (Å²) >= 11 is 1.50. The number of nitrogens with zero attached hydrogens (tertiary/aromatic N) is 3. The van der Waals surface area contributed by atoms with E-state index in [2.05, 4.69) is 9.55 Å². The molecule has 0 unspecified atom stereocenters. The van der Waals surface area contributed by atoms with E-state index in [0.717, 1.165) is 33.3 Å². The van der Waals surface area contributed by atoms with Crippen LogP contribution < -0.4 is 15.0 Å². The first-order chi connectivity index (χ1) is 15.8. The number of aryl methyl sites for hydroxylation is 3.